The van der Waals surface area contributed by atoms with Crippen molar-refractivity contribution >= 4 is 16.3 Å². The van der Waals surface area contributed by atoms with E-state index in [1.807, 2.05) is 26.0 Å². The van der Waals surface area contributed by atoms with Crippen LogP contribution in [-0.4, -0.2) is 12.1 Å². The van der Waals surface area contributed by atoms with Crippen LogP contribution in [0.5, 0.6) is 5.75 Å². The van der Waals surface area contributed by atoms with Gasteiger partial charge in [0.1, 0.15) is 5.75 Å². The molecule has 0 aliphatic rings. The monoisotopic (exact) mass is 289 g/mol. The van der Waals surface area contributed by atoms with Crippen molar-refractivity contribution in [2.45, 2.75) is 13.8 Å². The van der Waals surface area contributed by atoms with Gasteiger partial charge in [-0.2, -0.15) is 0 Å². The summed E-state index contributed by atoms with van der Waals surface area (Å²) in [6.07, 6.45) is 0. The maximum atomic E-state index is 5.26. The molecule has 0 aliphatic heterocycles. The van der Waals surface area contributed by atoms with Crippen LogP contribution in [-0.2, 0) is 0 Å². The number of nitrogens with zero attached hydrogens (tertiary/aromatic N) is 1. The first-order chi connectivity index (χ1) is 10.6. The van der Waals surface area contributed by atoms with E-state index in [1.54, 1.807) is 7.11 Å². The predicted octanol–water partition coefficient (Wildman–Crippen LogP) is 5.25. The number of allylic oxidation sites excluding steroid dienone is 1. The van der Waals surface area contributed by atoms with Crippen LogP contribution < -0.4 is 4.74 Å². The molecule has 0 saturated heterocycles. The molecule has 1 heterocycles. The van der Waals surface area contributed by atoms with Crippen LogP contribution in [0.15, 0.2) is 55.1 Å². The van der Waals surface area contributed by atoms with Crippen LogP contribution in [0.4, 0.5) is 0 Å². The van der Waals surface area contributed by atoms with E-state index in [1.165, 1.54) is 10.8 Å². The molecule has 1 aromatic heterocycles. The first kappa shape index (κ1) is 14.3. The lowest BCUT2D eigenvalue weighted by Gasteiger charge is -2.15. The van der Waals surface area contributed by atoms with E-state index >= 15 is 0 Å². The van der Waals surface area contributed by atoms with Crippen LogP contribution in [0.3, 0.4) is 0 Å². The Morgan fingerprint density at radius 3 is 2.23 bits per heavy atom. The Kier molecular flexibility index (Phi) is 3.68. The maximum absolute atomic E-state index is 5.26. The molecule has 0 radical (unpaired) electrons. The number of aryl methyl sites for hydroxylation is 1. The maximum Gasteiger partial charge on any atom is 0.118 e. The summed E-state index contributed by atoms with van der Waals surface area (Å²) in [4.78, 5) is 4.79. The number of hydrogen-bond acceptors (Lipinski definition) is 2. The zero-order valence-electron chi connectivity index (χ0n) is 13.2. The molecule has 0 saturated carbocycles. The number of ether oxygens (including phenoxy) is 1. The van der Waals surface area contributed by atoms with E-state index < -0.39 is 0 Å². The van der Waals surface area contributed by atoms with Gasteiger partial charge in [0, 0.05) is 16.6 Å². The molecule has 0 unspecified atom stereocenters. The Labute approximate surface area is 131 Å². The van der Waals surface area contributed by atoms with Gasteiger partial charge in [-0.15, -0.1) is 0 Å². The summed E-state index contributed by atoms with van der Waals surface area (Å²) >= 11 is 0. The van der Waals surface area contributed by atoms with Crippen molar-refractivity contribution in [2.24, 2.45) is 0 Å². The summed E-state index contributed by atoms with van der Waals surface area (Å²) in [5.41, 5.74) is 5.23. The second kappa shape index (κ2) is 5.64. The fourth-order valence-electron chi connectivity index (χ4n) is 2.79. The molecule has 0 N–H and O–H groups in total. The lowest BCUT2D eigenvalue weighted by Crippen LogP contribution is -1.97. The van der Waals surface area contributed by atoms with E-state index in [9.17, 15) is 0 Å². The molecule has 110 valence electrons. The number of methoxy groups -OCH3 is 1. The predicted molar refractivity (Wildman–Crippen MR) is 93.2 cm³/mol. The van der Waals surface area contributed by atoms with Gasteiger partial charge in [-0.05, 0) is 42.5 Å². The van der Waals surface area contributed by atoms with E-state index in [-0.39, 0.29) is 0 Å². The van der Waals surface area contributed by atoms with E-state index in [2.05, 4.69) is 43.0 Å². The minimum Gasteiger partial charge on any atom is -0.497 e. The molecule has 2 heteroatoms. The summed E-state index contributed by atoms with van der Waals surface area (Å²) in [5, 5.41) is 2.39. The quantitative estimate of drug-likeness (QED) is 0.656. The zero-order chi connectivity index (χ0) is 15.7. The van der Waals surface area contributed by atoms with E-state index in [0.717, 1.165) is 33.8 Å². The van der Waals surface area contributed by atoms with Crippen molar-refractivity contribution in [3.63, 3.8) is 0 Å². The highest BCUT2D eigenvalue weighted by Crippen LogP contribution is 2.35. The van der Waals surface area contributed by atoms with Gasteiger partial charge in [0.15, 0.2) is 0 Å². The van der Waals surface area contributed by atoms with Gasteiger partial charge in [0.2, 0.25) is 0 Å². The lowest BCUT2D eigenvalue weighted by molar-refractivity contribution is 0.415. The van der Waals surface area contributed by atoms with Crippen molar-refractivity contribution < 1.29 is 4.74 Å². The number of pyridine rings is 1. The Balaban J connectivity index is 2.36. The van der Waals surface area contributed by atoms with Gasteiger partial charge in [-0.3, -0.25) is 4.98 Å². The summed E-state index contributed by atoms with van der Waals surface area (Å²) in [7, 11) is 1.68. The number of fused-ring (bicyclic) bond motifs is 1. The zero-order valence-corrected chi connectivity index (χ0v) is 13.2. The van der Waals surface area contributed by atoms with Gasteiger partial charge in [0.25, 0.3) is 0 Å². The molecule has 3 rings (SSSR count). The second-order valence-electron chi connectivity index (χ2n) is 5.48. The minimum absolute atomic E-state index is 0.852. The van der Waals surface area contributed by atoms with Gasteiger partial charge >= 0.3 is 0 Å². The average molecular weight is 289 g/mol. The molecule has 2 aromatic carbocycles. The average Bonchev–Trinajstić information content (AvgIpc) is 2.55. The smallest absolute Gasteiger partial charge is 0.118 e. The van der Waals surface area contributed by atoms with E-state index in [4.69, 9.17) is 9.72 Å². The van der Waals surface area contributed by atoms with Gasteiger partial charge in [-0.25, -0.2) is 0 Å². The molecule has 3 aromatic rings. The second-order valence-corrected chi connectivity index (χ2v) is 5.48. The topological polar surface area (TPSA) is 22.1 Å². The van der Waals surface area contributed by atoms with Crippen molar-refractivity contribution in [2.75, 3.05) is 7.11 Å². The van der Waals surface area contributed by atoms with Crippen molar-refractivity contribution in [3.8, 4) is 16.9 Å². The third-order valence-corrected chi connectivity index (χ3v) is 3.89. The van der Waals surface area contributed by atoms with Crippen molar-refractivity contribution in [1.29, 1.82) is 0 Å². The van der Waals surface area contributed by atoms with Crippen LogP contribution in [0, 0.1) is 6.92 Å². The largest absolute Gasteiger partial charge is 0.497 e. The van der Waals surface area contributed by atoms with E-state index in [0.29, 0.717) is 0 Å². The van der Waals surface area contributed by atoms with Crippen LogP contribution in [0.25, 0.3) is 27.5 Å². The van der Waals surface area contributed by atoms with Gasteiger partial charge < -0.3 is 4.74 Å². The van der Waals surface area contributed by atoms with Crippen LogP contribution in [0.1, 0.15) is 18.3 Å². The minimum atomic E-state index is 0.852. The highest BCUT2D eigenvalue weighted by atomic mass is 16.5. The number of hydrogen-bond donors (Lipinski definition) is 0. The Bertz CT molecular complexity index is 847. The third kappa shape index (κ3) is 2.37. The summed E-state index contributed by atoms with van der Waals surface area (Å²) in [6, 6.07) is 16.5. The molecule has 0 atom stereocenters. The van der Waals surface area contributed by atoms with Crippen molar-refractivity contribution in [1.82, 2.24) is 4.98 Å². The third-order valence-electron chi connectivity index (χ3n) is 3.89. The number of benzene rings is 2. The molecule has 2 nitrogen and oxygen atoms in total. The fourth-order valence-corrected chi connectivity index (χ4v) is 2.79. The van der Waals surface area contributed by atoms with Crippen LogP contribution >= 0.6 is 0 Å². The highest BCUT2D eigenvalue weighted by Gasteiger charge is 2.14. The Hall–Kier alpha value is -2.61. The molecular weight excluding hydrogens is 270 g/mol. The summed E-state index contributed by atoms with van der Waals surface area (Å²) in [6.45, 7) is 8.16. The Morgan fingerprint density at radius 1 is 1.00 bits per heavy atom. The first-order valence-corrected chi connectivity index (χ1v) is 7.31. The molecule has 22 heavy (non-hydrogen) atoms. The molecule has 0 fully saturated rings. The lowest BCUT2D eigenvalue weighted by atomic mass is 9.94. The normalized spacial score (nSPS) is 10.7. The standard InChI is InChI=1S/C20H19NO/c1-13(2)20-19(15-9-11-16(22-4)12-10-15)18-8-6-5-7-17(18)14(3)21-20/h5-12H,1H2,2-4H3. The molecule has 0 spiro atoms. The summed E-state index contributed by atoms with van der Waals surface area (Å²) in [5.74, 6) is 0.852. The highest BCUT2D eigenvalue weighted by molar-refractivity contribution is 6.01. The first-order valence-electron chi connectivity index (χ1n) is 7.31. The number of rotatable bonds is 3. The molecule has 0 amide bonds. The fraction of sp³-hybridized carbons (Fsp3) is 0.150. The van der Waals surface area contributed by atoms with Gasteiger partial charge in [-0.1, -0.05) is 43.0 Å². The molecular formula is C20H19NO. The summed E-state index contributed by atoms with van der Waals surface area (Å²) < 4.78 is 5.26. The molecule has 0 bridgehead atoms. The SMILES string of the molecule is C=C(C)c1nc(C)c2ccccc2c1-c1ccc(OC)cc1. The van der Waals surface area contributed by atoms with Crippen molar-refractivity contribution in [3.05, 3.63) is 66.5 Å². The Morgan fingerprint density at radius 2 is 1.64 bits per heavy atom. The number of aromatic nitrogens is 1. The van der Waals surface area contributed by atoms with Gasteiger partial charge in [0.05, 0.1) is 12.8 Å². The van der Waals surface area contributed by atoms with Crippen LogP contribution in [0.2, 0.25) is 0 Å². The molecule has 0 aliphatic carbocycles.